The number of ether oxygens (including phenoxy) is 2. The highest BCUT2D eigenvalue weighted by Gasteiger charge is 2.20. The Bertz CT molecular complexity index is 1310. The number of carbonyl (C=O) groups excluding carboxylic acids is 1. The van der Waals surface area contributed by atoms with E-state index in [1.807, 2.05) is 30.3 Å². The molecular formula is C26H32N6O5. The Balaban J connectivity index is 1.43. The summed E-state index contributed by atoms with van der Waals surface area (Å²) < 4.78 is 12.3. The number of rotatable bonds is 9. The minimum atomic E-state index is -0.626. The lowest BCUT2D eigenvalue weighted by Gasteiger charge is -2.32. The number of nitrogens with zero attached hydrogens (tertiary/aromatic N) is 6. The molecule has 37 heavy (non-hydrogen) atoms. The number of aromatic hydroxyl groups is 1. The maximum absolute atomic E-state index is 12.3. The van der Waals surface area contributed by atoms with Gasteiger partial charge in [0.05, 0.1) is 32.1 Å². The molecule has 0 bridgehead atoms. The molecule has 0 atom stereocenters. The van der Waals surface area contributed by atoms with Crippen molar-refractivity contribution < 1.29 is 24.2 Å². The molecule has 1 fully saturated rings. The Morgan fingerprint density at radius 1 is 1.03 bits per heavy atom. The van der Waals surface area contributed by atoms with Gasteiger partial charge < -0.3 is 24.3 Å². The minimum absolute atomic E-state index is 0.0279. The second-order valence-corrected chi connectivity index (χ2v) is 8.79. The molecule has 2 aromatic carbocycles. The molecule has 11 heteroatoms. The molecule has 1 aliphatic rings. The first-order chi connectivity index (χ1) is 17.9. The van der Waals surface area contributed by atoms with Crippen LogP contribution in [0.25, 0.3) is 10.9 Å². The van der Waals surface area contributed by atoms with Crippen molar-refractivity contribution in [2.75, 3.05) is 54.1 Å². The number of hydrogen-bond acceptors (Lipinski definition) is 9. The van der Waals surface area contributed by atoms with Gasteiger partial charge in [-0.2, -0.15) is 0 Å². The number of oxime groups is 1. The average Bonchev–Trinajstić information content (AvgIpc) is 3.18. The number of methoxy groups -OCH3 is 2. The number of para-hydroxylation sites is 1. The Morgan fingerprint density at radius 2 is 1.76 bits per heavy atom. The van der Waals surface area contributed by atoms with Crippen LogP contribution < -0.4 is 9.47 Å². The number of aromatic nitrogens is 1. The topological polar surface area (TPSA) is 113 Å². The summed E-state index contributed by atoms with van der Waals surface area (Å²) in [6, 6.07) is 12.9. The number of azo groups is 1. The molecule has 0 spiro atoms. The molecule has 4 rings (SSSR count). The summed E-state index contributed by atoms with van der Waals surface area (Å²) in [5.74, 6) is 0.508. The molecule has 1 saturated heterocycles. The van der Waals surface area contributed by atoms with E-state index in [1.54, 1.807) is 37.8 Å². The van der Waals surface area contributed by atoms with E-state index in [-0.39, 0.29) is 11.6 Å². The lowest BCUT2D eigenvalue weighted by Crippen LogP contribution is -2.44. The Kier molecular flexibility index (Phi) is 8.36. The van der Waals surface area contributed by atoms with Crippen molar-refractivity contribution in [1.29, 1.82) is 0 Å². The summed E-state index contributed by atoms with van der Waals surface area (Å²) in [4.78, 5) is 22.1. The molecule has 1 aromatic heterocycles. The molecule has 0 radical (unpaired) electrons. The Hall–Kier alpha value is -3.96. The molecule has 196 valence electrons. The highest BCUT2D eigenvalue weighted by molar-refractivity contribution is 5.99. The number of benzene rings is 2. The summed E-state index contributed by atoms with van der Waals surface area (Å²) >= 11 is 0. The van der Waals surface area contributed by atoms with Crippen LogP contribution in [0.15, 0.2) is 57.8 Å². The maximum Gasteiger partial charge on any atom is 0.304 e. The average molecular weight is 509 g/mol. The van der Waals surface area contributed by atoms with E-state index in [9.17, 15) is 9.90 Å². The fourth-order valence-electron chi connectivity index (χ4n) is 4.14. The van der Waals surface area contributed by atoms with Crippen LogP contribution in [0.2, 0.25) is 0 Å². The quantitative estimate of drug-likeness (QED) is 0.267. The second kappa shape index (κ2) is 11.8. The van der Waals surface area contributed by atoms with E-state index in [0.29, 0.717) is 29.3 Å². The SMILES string of the molecule is COc1ccc(C(C)=NOCC(=O)N=Nc2c(O)n(CN3CCN(C)CC3)c3ccccc23)cc1OC. The van der Waals surface area contributed by atoms with Gasteiger partial charge in [-0.05, 0) is 38.2 Å². The van der Waals surface area contributed by atoms with Gasteiger partial charge in [0, 0.05) is 37.1 Å². The summed E-state index contributed by atoms with van der Waals surface area (Å²) in [5, 5.41) is 23.5. The summed E-state index contributed by atoms with van der Waals surface area (Å²) in [6.07, 6.45) is 0. The van der Waals surface area contributed by atoms with Gasteiger partial charge in [0.15, 0.2) is 23.8 Å². The van der Waals surface area contributed by atoms with Crippen LogP contribution >= 0.6 is 0 Å². The van der Waals surface area contributed by atoms with Crippen molar-refractivity contribution in [3.8, 4) is 17.4 Å². The summed E-state index contributed by atoms with van der Waals surface area (Å²) in [7, 11) is 5.21. The van der Waals surface area contributed by atoms with Crippen molar-refractivity contribution in [3.05, 3.63) is 48.0 Å². The van der Waals surface area contributed by atoms with Gasteiger partial charge in [-0.1, -0.05) is 23.4 Å². The number of piperazine rings is 1. The fourth-order valence-corrected chi connectivity index (χ4v) is 4.14. The van der Waals surface area contributed by atoms with E-state index in [0.717, 1.165) is 37.3 Å². The van der Waals surface area contributed by atoms with Crippen LogP contribution in [0.5, 0.6) is 17.4 Å². The first-order valence-electron chi connectivity index (χ1n) is 12.0. The van der Waals surface area contributed by atoms with Gasteiger partial charge in [-0.15, -0.1) is 10.2 Å². The number of carbonyl (C=O) groups is 1. The molecule has 1 N–H and O–H groups in total. The standard InChI is InChI=1S/C26H32N6O5/c1-18(19-9-10-22(35-3)23(15-19)36-4)29-37-16-24(33)27-28-25-20-7-5-6-8-21(20)32(26(25)34)17-31-13-11-30(2)12-14-31/h5-10,15,34H,11-14,16-17H2,1-4H3. The van der Waals surface area contributed by atoms with E-state index in [2.05, 4.69) is 32.2 Å². The molecule has 0 aliphatic carbocycles. The van der Waals surface area contributed by atoms with Crippen LogP contribution in [0, 0.1) is 0 Å². The van der Waals surface area contributed by atoms with Crippen LogP contribution in [0.1, 0.15) is 12.5 Å². The zero-order valence-corrected chi connectivity index (χ0v) is 21.5. The van der Waals surface area contributed by atoms with E-state index in [4.69, 9.17) is 14.3 Å². The Morgan fingerprint density at radius 3 is 2.49 bits per heavy atom. The highest BCUT2D eigenvalue weighted by atomic mass is 16.6. The van der Waals surface area contributed by atoms with Crippen molar-refractivity contribution in [1.82, 2.24) is 14.4 Å². The highest BCUT2D eigenvalue weighted by Crippen LogP contribution is 2.39. The minimum Gasteiger partial charge on any atom is -0.493 e. The predicted molar refractivity (Wildman–Crippen MR) is 140 cm³/mol. The normalized spacial score (nSPS) is 15.4. The molecule has 1 amide bonds. The van der Waals surface area contributed by atoms with Crippen molar-refractivity contribution in [2.24, 2.45) is 15.4 Å². The van der Waals surface area contributed by atoms with Crippen LogP contribution in [-0.4, -0.2) is 85.1 Å². The predicted octanol–water partition coefficient (Wildman–Crippen LogP) is 3.62. The lowest BCUT2D eigenvalue weighted by atomic mass is 10.1. The first kappa shape index (κ1) is 26.1. The van der Waals surface area contributed by atoms with Crippen molar-refractivity contribution >= 4 is 28.2 Å². The third-order valence-electron chi connectivity index (χ3n) is 6.31. The van der Waals surface area contributed by atoms with Crippen molar-refractivity contribution in [2.45, 2.75) is 13.6 Å². The van der Waals surface area contributed by atoms with E-state index in [1.165, 1.54) is 0 Å². The zero-order valence-electron chi connectivity index (χ0n) is 21.5. The fraction of sp³-hybridized carbons (Fsp3) is 0.385. The smallest absolute Gasteiger partial charge is 0.304 e. The summed E-state index contributed by atoms with van der Waals surface area (Å²) in [5.41, 5.74) is 2.38. The van der Waals surface area contributed by atoms with Gasteiger partial charge in [0.25, 0.3) is 0 Å². The van der Waals surface area contributed by atoms with Gasteiger partial charge in [0.1, 0.15) is 0 Å². The first-order valence-corrected chi connectivity index (χ1v) is 12.0. The van der Waals surface area contributed by atoms with Crippen LogP contribution in [0.4, 0.5) is 5.69 Å². The van der Waals surface area contributed by atoms with Gasteiger partial charge in [-0.3, -0.25) is 14.3 Å². The number of likely N-dealkylation sites (N-methyl/N-ethyl adjacent to an activating group) is 1. The van der Waals surface area contributed by atoms with Gasteiger partial charge >= 0.3 is 5.91 Å². The molecule has 0 unspecified atom stereocenters. The molecule has 3 aromatic rings. The summed E-state index contributed by atoms with van der Waals surface area (Å²) in [6.45, 7) is 5.62. The van der Waals surface area contributed by atoms with Crippen LogP contribution in [-0.2, 0) is 16.3 Å². The number of fused-ring (bicyclic) bond motifs is 1. The maximum atomic E-state index is 12.3. The number of amides is 1. The monoisotopic (exact) mass is 508 g/mol. The lowest BCUT2D eigenvalue weighted by molar-refractivity contribution is -0.122. The molecular weight excluding hydrogens is 476 g/mol. The number of hydrogen-bond donors (Lipinski definition) is 1. The van der Waals surface area contributed by atoms with E-state index >= 15 is 0 Å². The molecule has 1 aliphatic heterocycles. The third kappa shape index (κ3) is 6.07. The zero-order chi connectivity index (χ0) is 26.4. The molecule has 11 nitrogen and oxygen atoms in total. The Labute approximate surface area is 215 Å². The van der Waals surface area contributed by atoms with E-state index < -0.39 is 12.5 Å². The largest absolute Gasteiger partial charge is 0.493 e. The second-order valence-electron chi connectivity index (χ2n) is 8.79. The molecule has 0 saturated carbocycles. The van der Waals surface area contributed by atoms with Gasteiger partial charge in [0.2, 0.25) is 5.88 Å². The third-order valence-corrected chi connectivity index (χ3v) is 6.31. The van der Waals surface area contributed by atoms with Crippen LogP contribution in [0.3, 0.4) is 0 Å². The van der Waals surface area contributed by atoms with Crippen molar-refractivity contribution in [3.63, 3.8) is 0 Å². The molecule has 2 heterocycles. The van der Waals surface area contributed by atoms with Gasteiger partial charge in [-0.25, -0.2) is 0 Å².